The maximum absolute atomic E-state index is 11.7. The highest BCUT2D eigenvalue weighted by atomic mass is 32.1. The quantitative estimate of drug-likeness (QED) is 0.873. The van der Waals surface area contributed by atoms with Gasteiger partial charge in [0.15, 0.2) is 5.13 Å². The van der Waals surface area contributed by atoms with Crippen molar-refractivity contribution in [2.75, 3.05) is 20.0 Å². The summed E-state index contributed by atoms with van der Waals surface area (Å²) in [6, 6.07) is 5.58. The number of carbonyl (C=O) groups excluding carboxylic acids is 1. The zero-order chi connectivity index (χ0) is 14.0. The minimum atomic E-state index is -0.433. The number of anilines is 1. The number of thiazole rings is 1. The maximum Gasteiger partial charge on any atom is 0.350 e. The number of esters is 1. The normalized spacial score (nSPS) is 10.3. The highest BCUT2D eigenvalue weighted by Crippen LogP contribution is 2.32. The number of nitrogens with two attached hydrogens (primary N) is 1. The van der Waals surface area contributed by atoms with Gasteiger partial charge in [0, 0.05) is 5.56 Å². The van der Waals surface area contributed by atoms with E-state index in [2.05, 4.69) is 4.98 Å². The van der Waals surface area contributed by atoms with E-state index in [4.69, 9.17) is 15.2 Å². The van der Waals surface area contributed by atoms with Gasteiger partial charge in [-0.25, -0.2) is 9.78 Å². The molecule has 1 aromatic heterocycles. The molecule has 100 valence electrons. The van der Waals surface area contributed by atoms with E-state index in [0.717, 1.165) is 28.2 Å². The van der Waals surface area contributed by atoms with Gasteiger partial charge in [-0.05, 0) is 30.7 Å². The topological polar surface area (TPSA) is 74.4 Å². The molecule has 0 saturated heterocycles. The van der Waals surface area contributed by atoms with Crippen LogP contribution >= 0.6 is 11.3 Å². The van der Waals surface area contributed by atoms with Crippen LogP contribution in [0.4, 0.5) is 5.13 Å². The van der Waals surface area contributed by atoms with E-state index in [1.165, 1.54) is 7.11 Å². The number of aromatic nitrogens is 1. The molecule has 0 radical (unpaired) electrons. The van der Waals surface area contributed by atoms with Crippen molar-refractivity contribution >= 4 is 22.4 Å². The lowest BCUT2D eigenvalue weighted by atomic mass is 10.1. The Balaban J connectivity index is 2.52. The number of ether oxygens (including phenoxy) is 2. The molecule has 0 spiro atoms. The molecular formula is C13H14N2O3S. The molecule has 1 heterocycles. The van der Waals surface area contributed by atoms with E-state index in [1.807, 2.05) is 25.1 Å². The van der Waals surface area contributed by atoms with Crippen molar-refractivity contribution in [1.29, 1.82) is 0 Å². The van der Waals surface area contributed by atoms with Gasteiger partial charge in [0.05, 0.1) is 19.9 Å². The molecular weight excluding hydrogens is 264 g/mol. The third kappa shape index (κ3) is 2.53. The molecule has 0 aliphatic rings. The van der Waals surface area contributed by atoms with E-state index in [-0.39, 0.29) is 0 Å². The van der Waals surface area contributed by atoms with Crippen molar-refractivity contribution in [2.24, 2.45) is 0 Å². The monoisotopic (exact) mass is 278 g/mol. The lowest BCUT2D eigenvalue weighted by molar-refractivity contribution is 0.0607. The molecule has 2 aromatic rings. The summed E-state index contributed by atoms with van der Waals surface area (Å²) in [5.41, 5.74) is 7.99. The largest absolute Gasteiger partial charge is 0.496 e. The summed E-state index contributed by atoms with van der Waals surface area (Å²) >= 11 is 1.12. The zero-order valence-electron chi connectivity index (χ0n) is 10.9. The van der Waals surface area contributed by atoms with Crippen LogP contribution in [-0.4, -0.2) is 25.2 Å². The molecule has 0 saturated carbocycles. The van der Waals surface area contributed by atoms with Gasteiger partial charge in [-0.1, -0.05) is 11.3 Å². The van der Waals surface area contributed by atoms with Crippen molar-refractivity contribution in [2.45, 2.75) is 6.92 Å². The fourth-order valence-corrected chi connectivity index (χ4v) is 2.56. The summed E-state index contributed by atoms with van der Waals surface area (Å²) in [7, 11) is 2.95. The minimum absolute atomic E-state index is 0.337. The van der Waals surface area contributed by atoms with Crippen LogP contribution in [0, 0.1) is 6.92 Å². The first-order valence-corrected chi connectivity index (χ1v) is 6.38. The molecule has 0 unspecified atom stereocenters. The van der Waals surface area contributed by atoms with Gasteiger partial charge in [-0.2, -0.15) is 0 Å². The number of carbonyl (C=O) groups is 1. The Morgan fingerprint density at radius 1 is 1.37 bits per heavy atom. The Kier molecular flexibility index (Phi) is 3.71. The standard InChI is InChI=1S/C13H14N2O3S/c1-7-6-8(4-5-9(7)17-2)10-11(12(16)18-3)19-13(14)15-10/h4-6H,1-3H3,(H2,14,15). The van der Waals surface area contributed by atoms with Crippen molar-refractivity contribution in [1.82, 2.24) is 4.98 Å². The average Bonchev–Trinajstić information content (AvgIpc) is 2.79. The van der Waals surface area contributed by atoms with Crippen LogP contribution in [0.3, 0.4) is 0 Å². The first-order chi connectivity index (χ1) is 9.06. The summed E-state index contributed by atoms with van der Waals surface area (Å²) in [5.74, 6) is 0.351. The van der Waals surface area contributed by atoms with Crippen LogP contribution < -0.4 is 10.5 Å². The first kappa shape index (κ1) is 13.4. The smallest absolute Gasteiger partial charge is 0.350 e. The summed E-state index contributed by atoms with van der Waals surface area (Å²) in [6.07, 6.45) is 0. The summed E-state index contributed by atoms with van der Waals surface area (Å²) in [6.45, 7) is 1.93. The molecule has 0 atom stereocenters. The van der Waals surface area contributed by atoms with E-state index in [9.17, 15) is 4.79 Å². The predicted octanol–water partition coefficient (Wildman–Crippen LogP) is 2.50. The Hall–Kier alpha value is -2.08. The second-order valence-corrected chi connectivity index (χ2v) is 4.94. The van der Waals surface area contributed by atoms with Gasteiger partial charge in [0.2, 0.25) is 0 Å². The Morgan fingerprint density at radius 3 is 2.68 bits per heavy atom. The predicted molar refractivity (Wildman–Crippen MR) is 74.6 cm³/mol. The van der Waals surface area contributed by atoms with Crippen molar-refractivity contribution in [3.8, 4) is 17.0 Å². The van der Waals surface area contributed by atoms with E-state index in [1.54, 1.807) is 7.11 Å². The third-order valence-electron chi connectivity index (χ3n) is 2.68. The Morgan fingerprint density at radius 2 is 2.11 bits per heavy atom. The van der Waals surface area contributed by atoms with E-state index >= 15 is 0 Å². The second-order valence-electron chi connectivity index (χ2n) is 3.91. The van der Waals surface area contributed by atoms with Gasteiger partial charge in [0.1, 0.15) is 10.6 Å². The third-order valence-corrected chi connectivity index (χ3v) is 3.55. The molecule has 1 aromatic carbocycles. The van der Waals surface area contributed by atoms with Crippen molar-refractivity contribution < 1.29 is 14.3 Å². The number of benzene rings is 1. The van der Waals surface area contributed by atoms with Gasteiger partial charge in [-0.15, -0.1) is 0 Å². The molecule has 2 rings (SSSR count). The fraction of sp³-hybridized carbons (Fsp3) is 0.231. The molecule has 0 bridgehead atoms. The summed E-state index contributed by atoms with van der Waals surface area (Å²) in [4.78, 5) is 16.3. The van der Waals surface area contributed by atoms with Crippen LogP contribution in [0.15, 0.2) is 18.2 Å². The highest BCUT2D eigenvalue weighted by molar-refractivity contribution is 7.17. The molecule has 19 heavy (non-hydrogen) atoms. The van der Waals surface area contributed by atoms with Gasteiger partial charge in [-0.3, -0.25) is 0 Å². The zero-order valence-corrected chi connectivity index (χ0v) is 11.7. The molecule has 0 amide bonds. The average molecular weight is 278 g/mol. The first-order valence-electron chi connectivity index (χ1n) is 5.56. The number of nitrogens with zero attached hydrogens (tertiary/aromatic N) is 1. The van der Waals surface area contributed by atoms with Crippen LogP contribution in [0.25, 0.3) is 11.3 Å². The highest BCUT2D eigenvalue weighted by Gasteiger charge is 2.19. The Labute approximate surface area is 115 Å². The SMILES string of the molecule is COC(=O)c1sc(N)nc1-c1ccc(OC)c(C)c1. The van der Waals surface area contributed by atoms with E-state index in [0.29, 0.717) is 15.7 Å². The van der Waals surface area contributed by atoms with Crippen LogP contribution in [0.1, 0.15) is 15.2 Å². The maximum atomic E-state index is 11.7. The van der Waals surface area contributed by atoms with Crippen LogP contribution in [0.2, 0.25) is 0 Å². The number of aryl methyl sites for hydroxylation is 1. The molecule has 2 N–H and O–H groups in total. The number of nitrogen functional groups attached to an aromatic ring is 1. The number of methoxy groups -OCH3 is 2. The van der Waals surface area contributed by atoms with Gasteiger partial charge >= 0.3 is 5.97 Å². The van der Waals surface area contributed by atoms with Crippen molar-refractivity contribution in [3.63, 3.8) is 0 Å². The molecule has 0 aliphatic heterocycles. The lowest BCUT2D eigenvalue weighted by Gasteiger charge is -2.06. The molecule has 6 heteroatoms. The van der Waals surface area contributed by atoms with E-state index < -0.39 is 5.97 Å². The van der Waals surface area contributed by atoms with Crippen LogP contribution in [-0.2, 0) is 4.74 Å². The van der Waals surface area contributed by atoms with Gasteiger partial charge < -0.3 is 15.2 Å². The number of hydrogen-bond acceptors (Lipinski definition) is 6. The number of hydrogen-bond donors (Lipinski definition) is 1. The number of rotatable bonds is 3. The lowest BCUT2D eigenvalue weighted by Crippen LogP contribution is -2.00. The second kappa shape index (κ2) is 5.27. The van der Waals surface area contributed by atoms with Gasteiger partial charge in [0.25, 0.3) is 0 Å². The minimum Gasteiger partial charge on any atom is -0.496 e. The fourth-order valence-electron chi connectivity index (χ4n) is 1.79. The molecule has 5 nitrogen and oxygen atoms in total. The molecule has 0 aliphatic carbocycles. The summed E-state index contributed by atoms with van der Waals surface area (Å²) in [5, 5.41) is 0.337. The molecule has 0 fully saturated rings. The van der Waals surface area contributed by atoms with Crippen LogP contribution in [0.5, 0.6) is 5.75 Å². The van der Waals surface area contributed by atoms with Crippen molar-refractivity contribution in [3.05, 3.63) is 28.6 Å². The Bertz CT molecular complexity index is 622. The summed E-state index contributed by atoms with van der Waals surface area (Å²) < 4.78 is 9.94.